The molecular weight excluding hydrogens is 172 g/mol. The molecule has 0 aromatic carbocycles. The zero-order valence-electron chi connectivity index (χ0n) is 9.84. The topological polar surface area (TPSA) is 15.3 Å². The fourth-order valence-corrected chi connectivity index (χ4v) is 1.34. The predicted molar refractivity (Wildman–Crippen MR) is 63.3 cm³/mol. The summed E-state index contributed by atoms with van der Waals surface area (Å²) >= 11 is 0. The number of nitrogens with zero attached hydrogens (tertiary/aromatic N) is 1. The van der Waals surface area contributed by atoms with E-state index in [1.807, 2.05) is 0 Å². The van der Waals surface area contributed by atoms with E-state index in [-0.39, 0.29) is 0 Å². The van der Waals surface area contributed by atoms with Crippen molar-refractivity contribution in [1.29, 1.82) is 0 Å². The van der Waals surface area contributed by atoms with E-state index in [0.717, 1.165) is 6.54 Å². The second kappa shape index (κ2) is 9.05. The Morgan fingerprint density at radius 1 is 1.43 bits per heavy atom. The molecule has 0 amide bonds. The van der Waals surface area contributed by atoms with Gasteiger partial charge in [-0.2, -0.15) is 0 Å². The maximum Gasteiger partial charge on any atom is 0.0574 e. The first-order valence-corrected chi connectivity index (χ1v) is 5.56. The number of hydrogen-bond donors (Lipinski definition) is 1. The minimum Gasteiger partial charge on any atom is -0.305 e. The van der Waals surface area contributed by atoms with Gasteiger partial charge in [-0.25, -0.2) is 0 Å². The molecule has 2 heteroatoms. The lowest BCUT2D eigenvalue weighted by molar-refractivity contribution is 0.248. The zero-order chi connectivity index (χ0) is 10.8. The van der Waals surface area contributed by atoms with Crippen molar-refractivity contribution in [2.45, 2.75) is 39.2 Å². The molecule has 0 aromatic heterocycles. The molecule has 1 atom stereocenters. The predicted octanol–water partition coefficient (Wildman–Crippen LogP) is 1.72. The lowest BCUT2D eigenvalue weighted by Gasteiger charge is -2.24. The largest absolute Gasteiger partial charge is 0.305 e. The molecule has 1 N–H and O–H groups in total. The fourth-order valence-electron chi connectivity index (χ4n) is 1.34. The first-order chi connectivity index (χ1) is 6.72. The number of likely N-dealkylation sites (N-methyl/N-ethyl adjacent to an activating group) is 1. The molecule has 0 bridgehead atoms. The Balaban J connectivity index is 3.45. The molecule has 0 radical (unpaired) electrons. The van der Waals surface area contributed by atoms with Gasteiger partial charge in [0.15, 0.2) is 0 Å². The van der Waals surface area contributed by atoms with Crippen molar-refractivity contribution in [3.8, 4) is 12.3 Å². The van der Waals surface area contributed by atoms with Gasteiger partial charge in [0.05, 0.1) is 6.54 Å². The highest BCUT2D eigenvalue weighted by molar-refractivity contribution is 4.87. The van der Waals surface area contributed by atoms with Gasteiger partial charge in [-0.3, -0.25) is 0 Å². The minimum atomic E-state index is 0.570. The van der Waals surface area contributed by atoms with E-state index >= 15 is 0 Å². The minimum absolute atomic E-state index is 0.570. The van der Waals surface area contributed by atoms with Gasteiger partial charge >= 0.3 is 0 Å². The van der Waals surface area contributed by atoms with Crippen LogP contribution in [0, 0.1) is 12.3 Å². The molecule has 0 aromatic rings. The van der Waals surface area contributed by atoms with Crippen LogP contribution in [-0.4, -0.2) is 37.6 Å². The first kappa shape index (κ1) is 13.5. The van der Waals surface area contributed by atoms with Crippen LogP contribution in [0.3, 0.4) is 0 Å². The summed E-state index contributed by atoms with van der Waals surface area (Å²) in [6.45, 7) is 7.31. The fraction of sp³-hybridized carbons (Fsp3) is 0.833. The maximum absolute atomic E-state index is 5.16. The van der Waals surface area contributed by atoms with E-state index in [4.69, 9.17) is 6.42 Å². The van der Waals surface area contributed by atoms with Crippen molar-refractivity contribution >= 4 is 0 Å². The Morgan fingerprint density at radius 3 is 2.71 bits per heavy atom. The van der Waals surface area contributed by atoms with E-state index in [0.29, 0.717) is 12.6 Å². The van der Waals surface area contributed by atoms with Crippen LogP contribution in [0.25, 0.3) is 0 Å². The molecule has 82 valence electrons. The van der Waals surface area contributed by atoms with Gasteiger partial charge in [0.2, 0.25) is 0 Å². The second-order valence-electron chi connectivity index (χ2n) is 3.87. The molecule has 0 rings (SSSR count). The molecule has 0 saturated carbocycles. The molecular formula is C12H24N2. The van der Waals surface area contributed by atoms with Gasteiger partial charge in [0.25, 0.3) is 0 Å². The Labute approximate surface area is 89.1 Å². The van der Waals surface area contributed by atoms with E-state index in [1.165, 1.54) is 25.8 Å². The summed E-state index contributed by atoms with van der Waals surface area (Å²) in [6, 6.07) is 0.570. The van der Waals surface area contributed by atoms with Crippen molar-refractivity contribution in [1.82, 2.24) is 10.2 Å². The summed E-state index contributed by atoms with van der Waals surface area (Å²) in [4.78, 5) is 2.39. The number of terminal acetylenes is 1. The number of rotatable bonds is 8. The summed E-state index contributed by atoms with van der Waals surface area (Å²) in [6.07, 6.45) is 9.08. The van der Waals surface area contributed by atoms with Crippen molar-refractivity contribution in [3.05, 3.63) is 0 Å². The highest BCUT2D eigenvalue weighted by Gasteiger charge is 2.06. The molecule has 14 heavy (non-hydrogen) atoms. The molecule has 2 nitrogen and oxygen atoms in total. The summed E-state index contributed by atoms with van der Waals surface area (Å²) in [5.74, 6) is 2.58. The van der Waals surface area contributed by atoms with Crippen molar-refractivity contribution in [3.63, 3.8) is 0 Å². The van der Waals surface area contributed by atoms with Crippen LogP contribution in [0.1, 0.15) is 33.1 Å². The SMILES string of the molecule is C#CCNCC(C)N(C)CCCCC. The second-order valence-corrected chi connectivity index (χ2v) is 3.87. The molecule has 0 heterocycles. The summed E-state index contributed by atoms with van der Waals surface area (Å²) in [5.41, 5.74) is 0. The Kier molecular flexibility index (Phi) is 8.72. The van der Waals surface area contributed by atoms with Crippen molar-refractivity contribution in [2.24, 2.45) is 0 Å². The van der Waals surface area contributed by atoms with E-state index in [1.54, 1.807) is 0 Å². The summed E-state index contributed by atoms with van der Waals surface area (Å²) < 4.78 is 0. The van der Waals surface area contributed by atoms with Crippen LogP contribution in [0.5, 0.6) is 0 Å². The van der Waals surface area contributed by atoms with Gasteiger partial charge in [0, 0.05) is 12.6 Å². The Bertz CT molecular complexity index is 160. The molecule has 0 aliphatic heterocycles. The van der Waals surface area contributed by atoms with Crippen LogP contribution in [0.2, 0.25) is 0 Å². The van der Waals surface area contributed by atoms with Crippen LogP contribution in [0.4, 0.5) is 0 Å². The Morgan fingerprint density at radius 2 is 2.14 bits per heavy atom. The van der Waals surface area contributed by atoms with Crippen LogP contribution < -0.4 is 5.32 Å². The third kappa shape index (κ3) is 6.94. The summed E-state index contributed by atoms with van der Waals surface area (Å²) in [7, 11) is 2.18. The van der Waals surface area contributed by atoms with Crippen molar-refractivity contribution in [2.75, 3.05) is 26.7 Å². The number of hydrogen-bond acceptors (Lipinski definition) is 2. The summed E-state index contributed by atoms with van der Waals surface area (Å²) in [5, 5.41) is 3.23. The first-order valence-electron chi connectivity index (χ1n) is 5.56. The standard InChI is InChI=1S/C12H24N2/c1-5-7-8-10-14(4)12(3)11-13-9-6-2/h2,12-13H,5,7-11H2,1,3-4H3. The third-order valence-corrected chi connectivity index (χ3v) is 2.53. The highest BCUT2D eigenvalue weighted by Crippen LogP contribution is 1.99. The molecule has 0 aliphatic rings. The van der Waals surface area contributed by atoms with E-state index in [2.05, 4.69) is 37.0 Å². The van der Waals surface area contributed by atoms with Gasteiger partial charge < -0.3 is 10.2 Å². The van der Waals surface area contributed by atoms with Gasteiger partial charge in [-0.1, -0.05) is 25.7 Å². The van der Waals surface area contributed by atoms with Crippen LogP contribution in [-0.2, 0) is 0 Å². The molecule has 1 unspecified atom stereocenters. The highest BCUT2D eigenvalue weighted by atomic mass is 15.1. The molecule has 0 spiro atoms. The van der Waals surface area contributed by atoms with E-state index in [9.17, 15) is 0 Å². The number of nitrogens with one attached hydrogen (secondary N) is 1. The van der Waals surface area contributed by atoms with E-state index < -0.39 is 0 Å². The molecule has 0 aliphatic carbocycles. The normalized spacial score (nSPS) is 12.8. The lowest BCUT2D eigenvalue weighted by atomic mass is 10.2. The zero-order valence-corrected chi connectivity index (χ0v) is 9.84. The van der Waals surface area contributed by atoms with Crippen LogP contribution in [0.15, 0.2) is 0 Å². The number of unbranched alkanes of at least 4 members (excludes halogenated alkanes) is 2. The van der Waals surface area contributed by atoms with Crippen molar-refractivity contribution < 1.29 is 0 Å². The van der Waals surface area contributed by atoms with Gasteiger partial charge in [0.1, 0.15) is 0 Å². The van der Waals surface area contributed by atoms with Gasteiger partial charge in [-0.05, 0) is 26.9 Å². The smallest absolute Gasteiger partial charge is 0.0574 e. The Hall–Kier alpha value is -0.520. The average molecular weight is 196 g/mol. The maximum atomic E-state index is 5.16. The lowest BCUT2D eigenvalue weighted by Crippen LogP contribution is -2.38. The quantitative estimate of drug-likeness (QED) is 0.470. The van der Waals surface area contributed by atoms with Gasteiger partial charge in [-0.15, -0.1) is 6.42 Å². The third-order valence-electron chi connectivity index (χ3n) is 2.53. The molecule has 0 fully saturated rings. The average Bonchev–Trinajstić information content (AvgIpc) is 2.18. The monoisotopic (exact) mass is 196 g/mol. The molecule has 0 saturated heterocycles. The van der Waals surface area contributed by atoms with Crippen LogP contribution >= 0.6 is 0 Å².